The maximum atomic E-state index is 11.9. The van der Waals surface area contributed by atoms with Crippen LogP contribution < -0.4 is 10.2 Å². The summed E-state index contributed by atoms with van der Waals surface area (Å²) in [6, 6.07) is 11.3. The molecule has 0 saturated carbocycles. The number of ether oxygens (including phenoxy) is 1. The molecule has 0 unspecified atom stereocenters. The number of rotatable bonds is 5. The zero-order valence-electron chi connectivity index (χ0n) is 12.1. The standard InChI is InChI=1S/C16H13Br3N2O2/c1-23-16-11(7-13(18)8-14(16)19)9-20-21-15(22)6-10-2-4-12(17)5-3-10/h2-5,7-9H,6H2,1H3,(H,21,22)/b20-9+. The van der Waals surface area contributed by atoms with E-state index in [1.165, 1.54) is 0 Å². The van der Waals surface area contributed by atoms with E-state index in [0.717, 1.165) is 24.5 Å². The highest BCUT2D eigenvalue weighted by molar-refractivity contribution is 9.11. The summed E-state index contributed by atoms with van der Waals surface area (Å²) in [5.74, 6) is 0.468. The minimum absolute atomic E-state index is 0.184. The van der Waals surface area contributed by atoms with Crippen molar-refractivity contribution >= 4 is 59.9 Å². The fourth-order valence-electron chi connectivity index (χ4n) is 1.89. The lowest BCUT2D eigenvalue weighted by Crippen LogP contribution is -2.19. The molecule has 0 aliphatic carbocycles. The number of nitrogens with zero attached hydrogens (tertiary/aromatic N) is 1. The van der Waals surface area contributed by atoms with Gasteiger partial charge in [-0.05, 0) is 45.8 Å². The number of carbonyl (C=O) groups is 1. The minimum Gasteiger partial charge on any atom is -0.495 e. The van der Waals surface area contributed by atoms with Crippen LogP contribution in [0.5, 0.6) is 5.75 Å². The lowest BCUT2D eigenvalue weighted by Gasteiger charge is -2.07. The molecular formula is C16H13Br3N2O2. The van der Waals surface area contributed by atoms with Crippen molar-refractivity contribution in [2.75, 3.05) is 7.11 Å². The number of benzene rings is 2. The average Bonchev–Trinajstić information content (AvgIpc) is 2.49. The quantitative estimate of drug-likeness (QED) is 0.475. The highest BCUT2D eigenvalue weighted by Gasteiger charge is 2.08. The zero-order valence-corrected chi connectivity index (χ0v) is 16.9. The summed E-state index contributed by atoms with van der Waals surface area (Å²) in [4.78, 5) is 11.9. The number of hydrogen-bond acceptors (Lipinski definition) is 3. The number of nitrogens with one attached hydrogen (secondary N) is 1. The molecule has 0 fully saturated rings. The van der Waals surface area contributed by atoms with Gasteiger partial charge in [0.05, 0.1) is 24.2 Å². The first-order valence-corrected chi connectivity index (χ1v) is 8.97. The van der Waals surface area contributed by atoms with Gasteiger partial charge < -0.3 is 4.74 Å². The molecule has 2 rings (SSSR count). The Labute approximate surface area is 159 Å². The van der Waals surface area contributed by atoms with E-state index in [0.29, 0.717) is 5.75 Å². The molecule has 0 spiro atoms. The van der Waals surface area contributed by atoms with Crippen molar-refractivity contribution in [1.29, 1.82) is 0 Å². The van der Waals surface area contributed by atoms with E-state index < -0.39 is 0 Å². The summed E-state index contributed by atoms with van der Waals surface area (Å²) in [5, 5.41) is 3.99. The lowest BCUT2D eigenvalue weighted by molar-refractivity contribution is -0.120. The Hall–Kier alpha value is -1.18. The SMILES string of the molecule is COc1c(Br)cc(Br)cc1/C=N/NC(=O)Cc1ccc(Br)cc1. The van der Waals surface area contributed by atoms with Crippen LogP contribution in [0.2, 0.25) is 0 Å². The molecule has 0 radical (unpaired) electrons. The van der Waals surface area contributed by atoms with Crippen LogP contribution in [0.4, 0.5) is 0 Å². The molecule has 1 amide bonds. The second-order valence-corrected chi connectivity index (χ2v) is 7.29. The minimum atomic E-state index is -0.184. The first kappa shape index (κ1) is 18.2. The van der Waals surface area contributed by atoms with Crippen molar-refractivity contribution in [3.8, 4) is 5.75 Å². The Bertz CT molecular complexity index is 731. The number of methoxy groups -OCH3 is 1. The van der Waals surface area contributed by atoms with Crippen molar-refractivity contribution < 1.29 is 9.53 Å². The van der Waals surface area contributed by atoms with E-state index in [2.05, 4.69) is 58.3 Å². The van der Waals surface area contributed by atoms with Gasteiger partial charge in [-0.25, -0.2) is 5.43 Å². The van der Waals surface area contributed by atoms with Crippen molar-refractivity contribution in [2.45, 2.75) is 6.42 Å². The third-order valence-corrected chi connectivity index (χ3v) is 4.49. The normalized spacial score (nSPS) is 10.8. The Morgan fingerprint density at radius 3 is 2.52 bits per heavy atom. The maximum absolute atomic E-state index is 11.9. The predicted molar refractivity (Wildman–Crippen MR) is 102 cm³/mol. The topological polar surface area (TPSA) is 50.7 Å². The van der Waals surface area contributed by atoms with Crippen molar-refractivity contribution in [3.05, 3.63) is 60.9 Å². The molecule has 0 heterocycles. The maximum Gasteiger partial charge on any atom is 0.244 e. The van der Waals surface area contributed by atoms with Crippen LogP contribution in [0.25, 0.3) is 0 Å². The van der Waals surface area contributed by atoms with Gasteiger partial charge in [0.1, 0.15) is 5.75 Å². The highest BCUT2D eigenvalue weighted by Crippen LogP contribution is 2.31. The molecule has 0 bridgehead atoms. The molecule has 2 aromatic carbocycles. The van der Waals surface area contributed by atoms with Crippen LogP contribution in [0, 0.1) is 0 Å². The summed E-state index contributed by atoms with van der Waals surface area (Å²) >= 11 is 10.2. The van der Waals surface area contributed by atoms with Gasteiger partial charge in [0, 0.05) is 14.5 Å². The Balaban J connectivity index is 2.01. The van der Waals surface area contributed by atoms with Gasteiger partial charge in [0.15, 0.2) is 0 Å². The molecule has 0 aliphatic rings. The number of halogens is 3. The second-order valence-electron chi connectivity index (χ2n) is 4.61. The van der Waals surface area contributed by atoms with Crippen LogP contribution in [0.15, 0.2) is 54.9 Å². The third kappa shape index (κ3) is 5.44. The molecule has 0 aliphatic heterocycles. The second kappa shape index (κ2) is 8.61. The Morgan fingerprint density at radius 2 is 1.87 bits per heavy atom. The van der Waals surface area contributed by atoms with Gasteiger partial charge in [-0.3, -0.25) is 4.79 Å². The average molecular weight is 505 g/mol. The number of hydrazone groups is 1. The molecule has 7 heteroatoms. The Morgan fingerprint density at radius 1 is 1.17 bits per heavy atom. The number of amides is 1. The Kier molecular flexibility index (Phi) is 6.80. The van der Waals surface area contributed by atoms with Gasteiger partial charge in [-0.1, -0.05) is 44.0 Å². The largest absolute Gasteiger partial charge is 0.495 e. The number of carbonyl (C=O) groups excluding carboxylic acids is 1. The lowest BCUT2D eigenvalue weighted by atomic mass is 10.1. The first-order valence-electron chi connectivity index (χ1n) is 6.59. The molecule has 120 valence electrons. The first-order chi connectivity index (χ1) is 11.0. The van der Waals surface area contributed by atoms with Gasteiger partial charge in [-0.2, -0.15) is 5.10 Å². The molecule has 0 atom stereocenters. The summed E-state index contributed by atoms with van der Waals surface area (Å²) in [7, 11) is 1.58. The highest BCUT2D eigenvalue weighted by atomic mass is 79.9. The fraction of sp³-hybridized carbons (Fsp3) is 0.125. The van der Waals surface area contributed by atoms with Crippen molar-refractivity contribution in [1.82, 2.24) is 5.43 Å². The van der Waals surface area contributed by atoms with Gasteiger partial charge in [0.2, 0.25) is 5.91 Å². The smallest absolute Gasteiger partial charge is 0.244 e. The van der Waals surface area contributed by atoms with E-state index in [1.54, 1.807) is 13.3 Å². The van der Waals surface area contributed by atoms with Crippen LogP contribution >= 0.6 is 47.8 Å². The third-order valence-electron chi connectivity index (χ3n) is 2.91. The van der Waals surface area contributed by atoms with E-state index in [-0.39, 0.29) is 12.3 Å². The van der Waals surface area contributed by atoms with E-state index in [1.807, 2.05) is 36.4 Å². The van der Waals surface area contributed by atoms with Gasteiger partial charge in [0.25, 0.3) is 0 Å². The van der Waals surface area contributed by atoms with Crippen LogP contribution in [-0.2, 0) is 11.2 Å². The molecule has 0 aromatic heterocycles. The van der Waals surface area contributed by atoms with E-state index in [9.17, 15) is 4.79 Å². The summed E-state index contributed by atoms with van der Waals surface area (Å²) < 4.78 is 7.98. The molecule has 1 N–H and O–H groups in total. The summed E-state index contributed by atoms with van der Waals surface area (Å²) in [6.45, 7) is 0. The fourth-order valence-corrected chi connectivity index (χ4v) is 3.58. The van der Waals surface area contributed by atoms with Crippen molar-refractivity contribution in [3.63, 3.8) is 0 Å². The molecule has 2 aromatic rings. The van der Waals surface area contributed by atoms with E-state index >= 15 is 0 Å². The van der Waals surface area contributed by atoms with Gasteiger partial charge >= 0.3 is 0 Å². The van der Waals surface area contributed by atoms with Crippen LogP contribution in [0.3, 0.4) is 0 Å². The van der Waals surface area contributed by atoms with Gasteiger partial charge in [-0.15, -0.1) is 0 Å². The zero-order chi connectivity index (χ0) is 16.8. The monoisotopic (exact) mass is 502 g/mol. The van der Waals surface area contributed by atoms with Crippen LogP contribution in [-0.4, -0.2) is 19.2 Å². The molecule has 4 nitrogen and oxygen atoms in total. The van der Waals surface area contributed by atoms with Crippen LogP contribution in [0.1, 0.15) is 11.1 Å². The summed E-state index contributed by atoms with van der Waals surface area (Å²) in [5.41, 5.74) is 4.19. The molecule has 0 saturated heterocycles. The van der Waals surface area contributed by atoms with E-state index in [4.69, 9.17) is 4.74 Å². The molecule has 23 heavy (non-hydrogen) atoms. The molecular weight excluding hydrogens is 492 g/mol. The predicted octanol–water partition coefficient (Wildman–Crippen LogP) is 4.68. The number of hydrogen-bond donors (Lipinski definition) is 1. The summed E-state index contributed by atoms with van der Waals surface area (Å²) in [6.07, 6.45) is 1.82. The van der Waals surface area contributed by atoms with Crippen molar-refractivity contribution in [2.24, 2.45) is 5.10 Å².